The van der Waals surface area contributed by atoms with Crippen LogP contribution in [0.15, 0.2) is 72.8 Å². The molecule has 0 aromatic heterocycles. The summed E-state index contributed by atoms with van der Waals surface area (Å²) in [6.07, 6.45) is 0.413. The monoisotopic (exact) mass is 444 g/mol. The zero-order valence-corrected chi connectivity index (χ0v) is 19.1. The Morgan fingerprint density at radius 1 is 1.00 bits per heavy atom. The van der Waals surface area contributed by atoms with Gasteiger partial charge >= 0.3 is 0 Å². The van der Waals surface area contributed by atoms with Crippen LogP contribution >= 0.6 is 0 Å². The van der Waals surface area contributed by atoms with Crippen molar-refractivity contribution in [2.75, 3.05) is 18.6 Å². The molecule has 0 bridgehead atoms. The Kier molecular flexibility index (Phi) is 6.36. The molecule has 0 saturated heterocycles. The van der Waals surface area contributed by atoms with Crippen LogP contribution in [0, 0.1) is 0 Å². The molecule has 1 unspecified atom stereocenters. The molecule has 1 aliphatic rings. The van der Waals surface area contributed by atoms with Gasteiger partial charge in [-0.2, -0.15) is 0 Å². The van der Waals surface area contributed by atoms with Gasteiger partial charge in [0.15, 0.2) is 0 Å². The predicted molar refractivity (Wildman–Crippen MR) is 128 cm³/mol. The predicted octanol–water partition coefficient (Wildman–Crippen LogP) is 4.37. The molecule has 2 amide bonds. The van der Waals surface area contributed by atoms with Crippen LogP contribution in [0.4, 0.5) is 5.69 Å². The van der Waals surface area contributed by atoms with E-state index in [4.69, 9.17) is 9.47 Å². The SMILES string of the molecule is CCOc1ccc(N2C(=O)c3ccccc3CC2(C)C(=O)NCc2ccc(OC)cc2)cc1. The number of nitrogens with zero attached hydrogens (tertiary/aromatic N) is 1. The lowest BCUT2D eigenvalue weighted by molar-refractivity contribution is -0.126. The molecule has 1 heterocycles. The number of carbonyl (C=O) groups excluding carboxylic acids is 2. The number of methoxy groups -OCH3 is 1. The number of ether oxygens (including phenoxy) is 2. The number of amides is 2. The van der Waals surface area contributed by atoms with Gasteiger partial charge in [0.2, 0.25) is 5.91 Å². The molecule has 6 nitrogen and oxygen atoms in total. The van der Waals surface area contributed by atoms with Crippen LogP contribution in [-0.4, -0.2) is 31.1 Å². The van der Waals surface area contributed by atoms with Crippen LogP contribution in [0.2, 0.25) is 0 Å². The van der Waals surface area contributed by atoms with Gasteiger partial charge in [0.05, 0.1) is 13.7 Å². The van der Waals surface area contributed by atoms with Gasteiger partial charge in [-0.3, -0.25) is 14.5 Å². The number of hydrogen-bond donors (Lipinski definition) is 1. The molecule has 1 atom stereocenters. The highest BCUT2D eigenvalue weighted by molar-refractivity contribution is 6.14. The molecule has 0 fully saturated rings. The smallest absolute Gasteiger partial charge is 0.259 e. The molecule has 0 spiro atoms. The van der Waals surface area contributed by atoms with Crippen molar-refractivity contribution in [2.24, 2.45) is 0 Å². The molecule has 0 aliphatic carbocycles. The molecule has 170 valence electrons. The van der Waals surface area contributed by atoms with Crippen molar-refractivity contribution in [1.29, 1.82) is 0 Å². The van der Waals surface area contributed by atoms with Crippen LogP contribution in [0.25, 0.3) is 0 Å². The van der Waals surface area contributed by atoms with Gasteiger partial charge in [0.1, 0.15) is 17.0 Å². The molecule has 3 aromatic rings. The lowest BCUT2D eigenvalue weighted by Gasteiger charge is -2.44. The number of hydrogen-bond acceptors (Lipinski definition) is 4. The Bertz CT molecular complexity index is 1140. The van der Waals surface area contributed by atoms with E-state index in [2.05, 4.69) is 5.32 Å². The van der Waals surface area contributed by atoms with Crippen molar-refractivity contribution < 1.29 is 19.1 Å². The summed E-state index contributed by atoms with van der Waals surface area (Å²) in [4.78, 5) is 28.8. The van der Waals surface area contributed by atoms with E-state index in [0.717, 1.165) is 22.6 Å². The zero-order chi connectivity index (χ0) is 23.4. The summed E-state index contributed by atoms with van der Waals surface area (Å²) in [7, 11) is 1.62. The van der Waals surface area contributed by atoms with Gasteiger partial charge in [-0.05, 0) is 67.4 Å². The lowest BCUT2D eigenvalue weighted by Crippen LogP contribution is -2.63. The molecular weight excluding hydrogens is 416 g/mol. The third-order valence-electron chi connectivity index (χ3n) is 5.99. The maximum Gasteiger partial charge on any atom is 0.259 e. The summed E-state index contributed by atoms with van der Waals surface area (Å²) in [6, 6.07) is 22.3. The number of fused-ring (bicyclic) bond motifs is 1. The molecular formula is C27H28N2O4. The Morgan fingerprint density at radius 2 is 1.67 bits per heavy atom. The fraction of sp³-hybridized carbons (Fsp3) is 0.259. The summed E-state index contributed by atoms with van der Waals surface area (Å²) < 4.78 is 10.7. The van der Waals surface area contributed by atoms with Gasteiger partial charge in [-0.25, -0.2) is 0 Å². The lowest BCUT2D eigenvalue weighted by atomic mass is 9.82. The van der Waals surface area contributed by atoms with E-state index in [0.29, 0.717) is 30.8 Å². The number of anilines is 1. The topological polar surface area (TPSA) is 67.9 Å². The van der Waals surface area contributed by atoms with Crippen LogP contribution in [0.1, 0.15) is 35.3 Å². The van der Waals surface area contributed by atoms with Crippen molar-refractivity contribution in [3.05, 3.63) is 89.5 Å². The average Bonchev–Trinajstić information content (AvgIpc) is 2.84. The molecule has 4 rings (SSSR count). The molecule has 0 saturated carbocycles. The number of nitrogens with one attached hydrogen (secondary N) is 1. The van der Waals surface area contributed by atoms with Crippen molar-refractivity contribution in [3.8, 4) is 11.5 Å². The Morgan fingerprint density at radius 3 is 2.33 bits per heavy atom. The maximum absolute atomic E-state index is 13.6. The second-order valence-corrected chi connectivity index (χ2v) is 8.21. The second kappa shape index (κ2) is 9.36. The summed E-state index contributed by atoms with van der Waals surface area (Å²) in [5, 5.41) is 3.03. The quantitative estimate of drug-likeness (QED) is 0.588. The first-order valence-electron chi connectivity index (χ1n) is 11.0. The fourth-order valence-corrected chi connectivity index (χ4v) is 4.24. The van der Waals surface area contributed by atoms with E-state index in [1.807, 2.05) is 86.6 Å². The minimum absolute atomic E-state index is 0.192. The van der Waals surface area contributed by atoms with Crippen LogP contribution in [0.5, 0.6) is 11.5 Å². The summed E-state index contributed by atoms with van der Waals surface area (Å²) >= 11 is 0. The highest BCUT2D eigenvalue weighted by Crippen LogP contribution is 2.36. The normalized spacial score (nSPS) is 17.3. The van der Waals surface area contributed by atoms with Crippen molar-refractivity contribution in [1.82, 2.24) is 5.32 Å². The van der Waals surface area contributed by atoms with E-state index in [-0.39, 0.29) is 11.8 Å². The highest BCUT2D eigenvalue weighted by Gasteiger charge is 2.47. The number of carbonyl (C=O) groups is 2. The van der Waals surface area contributed by atoms with E-state index in [1.54, 1.807) is 12.0 Å². The van der Waals surface area contributed by atoms with Gasteiger partial charge in [0, 0.05) is 24.2 Å². The van der Waals surface area contributed by atoms with Gasteiger partial charge in [-0.15, -0.1) is 0 Å². The van der Waals surface area contributed by atoms with Gasteiger partial charge in [-0.1, -0.05) is 30.3 Å². The molecule has 1 N–H and O–H groups in total. The molecule has 0 radical (unpaired) electrons. The van der Waals surface area contributed by atoms with Crippen LogP contribution in [-0.2, 0) is 17.8 Å². The molecule has 1 aliphatic heterocycles. The first kappa shape index (κ1) is 22.4. The number of rotatable bonds is 7. The second-order valence-electron chi connectivity index (χ2n) is 8.21. The average molecular weight is 445 g/mol. The third-order valence-corrected chi connectivity index (χ3v) is 5.99. The van der Waals surface area contributed by atoms with Crippen molar-refractivity contribution >= 4 is 17.5 Å². The molecule has 6 heteroatoms. The van der Waals surface area contributed by atoms with Gasteiger partial charge < -0.3 is 14.8 Å². The largest absolute Gasteiger partial charge is 0.497 e. The Balaban J connectivity index is 1.65. The third kappa shape index (κ3) is 4.42. The van der Waals surface area contributed by atoms with Gasteiger partial charge in [0.25, 0.3) is 5.91 Å². The summed E-state index contributed by atoms with van der Waals surface area (Å²) in [5.74, 6) is 1.07. The van der Waals surface area contributed by atoms with E-state index < -0.39 is 5.54 Å². The Labute approximate surface area is 194 Å². The first-order valence-corrected chi connectivity index (χ1v) is 11.0. The standard InChI is InChI=1S/C27H28N2O4/c1-4-33-23-15-11-21(12-16-23)29-25(30)24-8-6-5-7-20(24)17-27(29,2)26(31)28-18-19-9-13-22(32-3)14-10-19/h5-16H,4,17-18H2,1-3H3,(H,28,31). The minimum Gasteiger partial charge on any atom is -0.497 e. The zero-order valence-electron chi connectivity index (χ0n) is 19.1. The summed E-state index contributed by atoms with van der Waals surface area (Å²) in [6.45, 7) is 4.65. The molecule has 33 heavy (non-hydrogen) atoms. The fourth-order valence-electron chi connectivity index (χ4n) is 4.24. The van der Waals surface area contributed by atoms with Crippen molar-refractivity contribution in [3.63, 3.8) is 0 Å². The van der Waals surface area contributed by atoms with E-state index in [1.165, 1.54) is 0 Å². The highest BCUT2D eigenvalue weighted by atomic mass is 16.5. The number of benzene rings is 3. The minimum atomic E-state index is -1.09. The molecule has 3 aromatic carbocycles. The van der Waals surface area contributed by atoms with Crippen LogP contribution < -0.4 is 19.7 Å². The maximum atomic E-state index is 13.6. The Hall–Kier alpha value is -3.80. The van der Waals surface area contributed by atoms with Crippen molar-refractivity contribution in [2.45, 2.75) is 32.4 Å². The van der Waals surface area contributed by atoms with E-state index in [9.17, 15) is 9.59 Å². The van der Waals surface area contributed by atoms with E-state index >= 15 is 0 Å². The van der Waals surface area contributed by atoms with Crippen LogP contribution in [0.3, 0.4) is 0 Å². The first-order chi connectivity index (χ1) is 16.0. The summed E-state index contributed by atoms with van der Waals surface area (Å²) in [5.41, 5.74) is 1.99.